The van der Waals surface area contributed by atoms with E-state index in [1.54, 1.807) is 20.8 Å². The standard InChI is InChI=1S/C13H21N3O4/c1-5-10(12(17)18)6-14-13(19)15-7(2)11-8(3)16-20-9(11)4/h7,10H,5-6H2,1-4H3,(H,17,18)(H2,14,15,19). The largest absolute Gasteiger partial charge is 0.481 e. The first-order chi connectivity index (χ1) is 9.36. The topological polar surface area (TPSA) is 104 Å². The first-order valence-corrected chi connectivity index (χ1v) is 6.56. The summed E-state index contributed by atoms with van der Waals surface area (Å²) in [7, 11) is 0. The number of aliphatic carboxylic acids is 1. The van der Waals surface area contributed by atoms with E-state index < -0.39 is 17.9 Å². The molecule has 1 heterocycles. The van der Waals surface area contributed by atoms with Crippen molar-refractivity contribution >= 4 is 12.0 Å². The maximum atomic E-state index is 11.7. The van der Waals surface area contributed by atoms with E-state index in [0.29, 0.717) is 12.2 Å². The molecule has 0 radical (unpaired) electrons. The minimum absolute atomic E-state index is 0.103. The van der Waals surface area contributed by atoms with Crippen molar-refractivity contribution in [3.8, 4) is 0 Å². The lowest BCUT2D eigenvalue weighted by Crippen LogP contribution is -2.40. The Morgan fingerprint density at radius 3 is 2.50 bits per heavy atom. The molecule has 3 N–H and O–H groups in total. The van der Waals surface area contributed by atoms with E-state index in [1.807, 2.05) is 6.92 Å². The summed E-state index contributed by atoms with van der Waals surface area (Å²) in [6, 6.07) is -0.664. The highest BCUT2D eigenvalue weighted by atomic mass is 16.5. The van der Waals surface area contributed by atoms with E-state index in [9.17, 15) is 9.59 Å². The van der Waals surface area contributed by atoms with Crippen molar-refractivity contribution in [1.82, 2.24) is 15.8 Å². The molecule has 2 unspecified atom stereocenters. The van der Waals surface area contributed by atoms with Crippen LogP contribution >= 0.6 is 0 Å². The highest BCUT2D eigenvalue weighted by Gasteiger charge is 2.20. The third kappa shape index (κ3) is 3.97. The smallest absolute Gasteiger partial charge is 0.315 e. The minimum atomic E-state index is -0.911. The van der Waals surface area contributed by atoms with Gasteiger partial charge < -0.3 is 20.3 Å². The van der Waals surface area contributed by atoms with Crippen molar-refractivity contribution in [2.24, 2.45) is 5.92 Å². The van der Waals surface area contributed by atoms with Crippen LogP contribution in [-0.2, 0) is 4.79 Å². The number of hydrogen-bond donors (Lipinski definition) is 3. The van der Waals surface area contributed by atoms with Crippen LogP contribution in [0.25, 0.3) is 0 Å². The Kier molecular flexibility index (Phi) is 5.54. The van der Waals surface area contributed by atoms with Gasteiger partial charge in [-0.3, -0.25) is 4.79 Å². The van der Waals surface area contributed by atoms with Gasteiger partial charge in [0.1, 0.15) is 5.76 Å². The number of aromatic nitrogens is 1. The molecule has 7 nitrogen and oxygen atoms in total. The van der Waals surface area contributed by atoms with E-state index >= 15 is 0 Å². The number of nitrogens with one attached hydrogen (secondary N) is 2. The molecule has 0 aliphatic carbocycles. The molecule has 2 atom stereocenters. The van der Waals surface area contributed by atoms with E-state index in [4.69, 9.17) is 9.63 Å². The number of hydrogen-bond acceptors (Lipinski definition) is 4. The van der Waals surface area contributed by atoms with E-state index in [0.717, 1.165) is 11.3 Å². The molecule has 0 aromatic carbocycles. The molecule has 112 valence electrons. The zero-order chi connectivity index (χ0) is 15.3. The SMILES string of the molecule is CCC(CNC(=O)NC(C)c1c(C)noc1C)C(=O)O. The van der Waals surface area contributed by atoms with Crippen molar-refractivity contribution in [3.05, 3.63) is 17.0 Å². The maximum Gasteiger partial charge on any atom is 0.315 e. The number of carboxylic acids is 1. The molecule has 0 fully saturated rings. The van der Waals surface area contributed by atoms with Crippen molar-refractivity contribution in [1.29, 1.82) is 0 Å². The molecule has 0 spiro atoms. The lowest BCUT2D eigenvalue weighted by molar-refractivity contribution is -0.141. The summed E-state index contributed by atoms with van der Waals surface area (Å²) >= 11 is 0. The van der Waals surface area contributed by atoms with Gasteiger partial charge in [0, 0.05) is 12.1 Å². The maximum absolute atomic E-state index is 11.7. The summed E-state index contributed by atoms with van der Waals surface area (Å²) in [5, 5.41) is 18.0. The summed E-state index contributed by atoms with van der Waals surface area (Å²) in [5.74, 6) is -0.825. The van der Waals surface area contributed by atoms with Gasteiger partial charge in [0.05, 0.1) is 17.7 Å². The second-order valence-electron chi connectivity index (χ2n) is 4.76. The van der Waals surface area contributed by atoms with Gasteiger partial charge in [-0.1, -0.05) is 12.1 Å². The van der Waals surface area contributed by atoms with Gasteiger partial charge in [0.25, 0.3) is 0 Å². The molecule has 1 rings (SSSR count). The fourth-order valence-corrected chi connectivity index (χ4v) is 2.05. The Bertz CT molecular complexity index is 464. The molecule has 0 bridgehead atoms. The first kappa shape index (κ1) is 16.0. The molecule has 0 aliphatic rings. The first-order valence-electron chi connectivity index (χ1n) is 6.56. The minimum Gasteiger partial charge on any atom is -0.481 e. The molecule has 20 heavy (non-hydrogen) atoms. The van der Waals surface area contributed by atoms with Crippen molar-refractivity contribution in [3.63, 3.8) is 0 Å². The number of rotatable bonds is 6. The number of carbonyl (C=O) groups is 2. The van der Waals surface area contributed by atoms with Crippen LogP contribution in [-0.4, -0.2) is 28.8 Å². The zero-order valence-corrected chi connectivity index (χ0v) is 12.2. The fourth-order valence-electron chi connectivity index (χ4n) is 2.05. The van der Waals surface area contributed by atoms with E-state index in [1.165, 1.54) is 0 Å². The molecule has 0 saturated carbocycles. The van der Waals surface area contributed by atoms with Gasteiger partial charge >= 0.3 is 12.0 Å². The molecule has 2 amide bonds. The molecular weight excluding hydrogens is 262 g/mol. The van der Waals surface area contributed by atoms with Crippen molar-refractivity contribution in [2.45, 2.75) is 40.2 Å². The lowest BCUT2D eigenvalue weighted by Gasteiger charge is -2.16. The molecular formula is C13H21N3O4. The Morgan fingerprint density at radius 2 is 2.05 bits per heavy atom. The zero-order valence-electron chi connectivity index (χ0n) is 12.2. The summed E-state index contributed by atoms with van der Waals surface area (Å²) in [4.78, 5) is 22.6. The Labute approximate surface area is 117 Å². The van der Waals surface area contributed by atoms with Gasteiger partial charge in [-0.25, -0.2) is 4.79 Å². The number of aryl methyl sites for hydroxylation is 2. The quantitative estimate of drug-likeness (QED) is 0.738. The predicted octanol–water partition coefficient (Wildman–Crippen LogP) is 1.76. The predicted molar refractivity (Wildman–Crippen MR) is 72.3 cm³/mol. The summed E-state index contributed by atoms with van der Waals surface area (Å²) in [6.07, 6.45) is 0.467. The summed E-state index contributed by atoms with van der Waals surface area (Å²) < 4.78 is 5.05. The van der Waals surface area contributed by atoms with Crippen LogP contribution in [0.4, 0.5) is 4.79 Å². The molecule has 0 aliphatic heterocycles. The lowest BCUT2D eigenvalue weighted by atomic mass is 10.1. The fraction of sp³-hybridized carbons (Fsp3) is 0.615. The number of carbonyl (C=O) groups excluding carboxylic acids is 1. The third-order valence-electron chi connectivity index (χ3n) is 3.22. The van der Waals surface area contributed by atoms with Gasteiger partial charge in [0.2, 0.25) is 0 Å². The van der Waals surface area contributed by atoms with Crippen LogP contribution in [0.15, 0.2) is 4.52 Å². The Morgan fingerprint density at radius 1 is 1.40 bits per heavy atom. The van der Waals surface area contributed by atoms with Crippen LogP contribution in [0.5, 0.6) is 0 Å². The number of carboxylic acid groups (broad SMARTS) is 1. The monoisotopic (exact) mass is 283 g/mol. The van der Waals surface area contributed by atoms with Crippen LogP contribution in [0.2, 0.25) is 0 Å². The number of amides is 2. The van der Waals surface area contributed by atoms with E-state index in [2.05, 4.69) is 15.8 Å². The Hall–Kier alpha value is -2.05. The highest BCUT2D eigenvalue weighted by Crippen LogP contribution is 2.20. The third-order valence-corrected chi connectivity index (χ3v) is 3.22. The average Bonchev–Trinajstić information content (AvgIpc) is 2.69. The molecule has 0 saturated heterocycles. The van der Waals surface area contributed by atoms with E-state index in [-0.39, 0.29) is 12.6 Å². The average molecular weight is 283 g/mol. The van der Waals surface area contributed by atoms with Gasteiger partial charge in [-0.15, -0.1) is 0 Å². The van der Waals surface area contributed by atoms with Gasteiger partial charge in [-0.05, 0) is 27.2 Å². The molecule has 1 aromatic heterocycles. The van der Waals surface area contributed by atoms with Crippen LogP contribution in [0.1, 0.15) is 43.3 Å². The van der Waals surface area contributed by atoms with Gasteiger partial charge in [-0.2, -0.15) is 0 Å². The summed E-state index contributed by atoms with van der Waals surface area (Å²) in [5.41, 5.74) is 1.57. The second-order valence-corrected chi connectivity index (χ2v) is 4.76. The number of urea groups is 1. The molecule has 7 heteroatoms. The highest BCUT2D eigenvalue weighted by molar-refractivity contribution is 5.76. The van der Waals surface area contributed by atoms with Crippen LogP contribution in [0.3, 0.4) is 0 Å². The van der Waals surface area contributed by atoms with Crippen molar-refractivity contribution < 1.29 is 19.2 Å². The summed E-state index contributed by atoms with van der Waals surface area (Å²) in [6.45, 7) is 7.28. The normalized spacial score (nSPS) is 13.6. The second kappa shape index (κ2) is 6.93. The van der Waals surface area contributed by atoms with Crippen LogP contribution in [0, 0.1) is 19.8 Å². The molecule has 1 aromatic rings. The number of nitrogens with zero attached hydrogens (tertiary/aromatic N) is 1. The van der Waals surface area contributed by atoms with Crippen molar-refractivity contribution in [2.75, 3.05) is 6.54 Å². The van der Waals surface area contributed by atoms with Gasteiger partial charge in [0.15, 0.2) is 0 Å². The van der Waals surface area contributed by atoms with Crippen LogP contribution < -0.4 is 10.6 Å². The Balaban J connectivity index is 2.52.